The highest BCUT2D eigenvalue weighted by molar-refractivity contribution is 5.88. The summed E-state index contributed by atoms with van der Waals surface area (Å²) in [7, 11) is 0. The summed E-state index contributed by atoms with van der Waals surface area (Å²) >= 11 is 0. The van der Waals surface area contributed by atoms with E-state index in [-0.39, 0.29) is 36.2 Å². The van der Waals surface area contributed by atoms with Crippen LogP contribution in [0.4, 0.5) is 0 Å². The van der Waals surface area contributed by atoms with Crippen LogP contribution in [0.2, 0.25) is 0 Å². The highest BCUT2D eigenvalue weighted by Gasteiger charge is 2.54. The minimum Gasteiger partial charge on any atom is -0.458 e. The van der Waals surface area contributed by atoms with E-state index >= 15 is 0 Å². The van der Waals surface area contributed by atoms with E-state index in [0.29, 0.717) is 34.5 Å². The van der Waals surface area contributed by atoms with Crippen LogP contribution >= 0.6 is 0 Å². The molecule has 1 aromatic heterocycles. The van der Waals surface area contributed by atoms with Crippen molar-refractivity contribution in [2.24, 2.45) is 23.2 Å². The summed E-state index contributed by atoms with van der Waals surface area (Å²) in [5, 5.41) is 0.528. The molecule has 4 fully saturated rings. The molecule has 6 rings (SSSR count). The molecule has 4 aliphatic rings. The number of ketones is 1. The number of para-hydroxylation sites is 1. The highest BCUT2D eigenvalue weighted by atomic mass is 16.5. The number of aryl methyl sites for hydroxylation is 1. The molecule has 4 bridgehead atoms. The van der Waals surface area contributed by atoms with E-state index in [4.69, 9.17) is 4.74 Å². The van der Waals surface area contributed by atoms with Crippen molar-refractivity contribution in [2.45, 2.75) is 51.4 Å². The standard InChI is InChI=1S/C23H26N2O4/c26-19(23-10-14-7-15(11-23)9-16(8-14)12-23)13-29-21(27)6-5-20-24-18-4-2-1-3-17(18)22(28)25-20/h1-4,14-16H,5-13H2,(H,24,25,28). The Morgan fingerprint density at radius 3 is 2.41 bits per heavy atom. The van der Waals surface area contributed by atoms with Gasteiger partial charge in [0.2, 0.25) is 0 Å². The van der Waals surface area contributed by atoms with Crippen molar-refractivity contribution < 1.29 is 14.3 Å². The van der Waals surface area contributed by atoms with Gasteiger partial charge < -0.3 is 9.72 Å². The van der Waals surface area contributed by atoms with Gasteiger partial charge in [0, 0.05) is 11.8 Å². The third-order valence-corrected chi connectivity index (χ3v) is 7.22. The van der Waals surface area contributed by atoms with E-state index in [2.05, 4.69) is 9.97 Å². The molecule has 0 aliphatic heterocycles. The van der Waals surface area contributed by atoms with Crippen molar-refractivity contribution in [3.8, 4) is 0 Å². The first-order valence-electron chi connectivity index (χ1n) is 10.7. The Morgan fingerprint density at radius 1 is 1.07 bits per heavy atom. The number of nitrogens with zero attached hydrogens (tertiary/aromatic N) is 1. The van der Waals surface area contributed by atoms with E-state index in [1.807, 2.05) is 6.07 Å². The molecule has 6 heteroatoms. The number of fused-ring (bicyclic) bond motifs is 1. The number of carbonyl (C=O) groups excluding carboxylic acids is 2. The van der Waals surface area contributed by atoms with Gasteiger partial charge in [0.1, 0.15) is 5.82 Å². The average Bonchev–Trinajstić information content (AvgIpc) is 2.69. The maximum Gasteiger partial charge on any atom is 0.306 e. The lowest BCUT2D eigenvalue weighted by atomic mass is 9.48. The summed E-state index contributed by atoms with van der Waals surface area (Å²) in [6, 6.07) is 7.10. The predicted molar refractivity (Wildman–Crippen MR) is 107 cm³/mol. The topological polar surface area (TPSA) is 89.1 Å². The number of esters is 1. The van der Waals surface area contributed by atoms with E-state index in [0.717, 1.165) is 19.3 Å². The number of nitrogens with one attached hydrogen (secondary N) is 1. The molecule has 0 saturated heterocycles. The average molecular weight is 394 g/mol. The maximum absolute atomic E-state index is 12.9. The Kier molecular flexibility index (Phi) is 4.52. The molecule has 2 aromatic rings. The van der Waals surface area contributed by atoms with Crippen LogP contribution in [0.3, 0.4) is 0 Å². The third kappa shape index (κ3) is 3.49. The molecule has 0 spiro atoms. The summed E-state index contributed by atoms with van der Waals surface area (Å²) in [4.78, 5) is 44.4. The van der Waals surface area contributed by atoms with Crippen LogP contribution < -0.4 is 5.56 Å². The number of carbonyl (C=O) groups is 2. The molecule has 152 valence electrons. The van der Waals surface area contributed by atoms with Gasteiger partial charge in [-0.3, -0.25) is 14.4 Å². The van der Waals surface area contributed by atoms with Gasteiger partial charge in [-0.1, -0.05) is 12.1 Å². The van der Waals surface area contributed by atoms with Gasteiger partial charge in [-0.15, -0.1) is 0 Å². The zero-order chi connectivity index (χ0) is 20.0. The van der Waals surface area contributed by atoms with E-state index < -0.39 is 5.97 Å². The second kappa shape index (κ2) is 7.08. The Balaban J connectivity index is 1.17. The Bertz CT molecular complexity index is 990. The normalized spacial score (nSPS) is 29.9. The second-order valence-corrected chi connectivity index (χ2v) is 9.31. The van der Waals surface area contributed by atoms with Crippen LogP contribution in [0.15, 0.2) is 29.1 Å². The van der Waals surface area contributed by atoms with Gasteiger partial charge in [0.05, 0.1) is 17.3 Å². The van der Waals surface area contributed by atoms with Crippen LogP contribution in [0.5, 0.6) is 0 Å². The van der Waals surface area contributed by atoms with Crippen molar-refractivity contribution in [1.82, 2.24) is 9.97 Å². The van der Waals surface area contributed by atoms with Crippen molar-refractivity contribution >= 4 is 22.7 Å². The molecule has 1 N–H and O–H groups in total. The smallest absolute Gasteiger partial charge is 0.306 e. The van der Waals surface area contributed by atoms with Gasteiger partial charge in [0.15, 0.2) is 12.4 Å². The molecule has 29 heavy (non-hydrogen) atoms. The zero-order valence-corrected chi connectivity index (χ0v) is 16.5. The minimum atomic E-state index is -0.418. The van der Waals surface area contributed by atoms with Crippen LogP contribution in [0, 0.1) is 23.2 Å². The largest absolute Gasteiger partial charge is 0.458 e. The first-order valence-corrected chi connectivity index (χ1v) is 10.7. The number of aromatic nitrogens is 2. The molecule has 4 saturated carbocycles. The van der Waals surface area contributed by atoms with Gasteiger partial charge >= 0.3 is 5.97 Å². The Labute approximate surface area is 169 Å². The molecule has 0 unspecified atom stereocenters. The van der Waals surface area contributed by atoms with Crippen molar-refractivity contribution in [3.05, 3.63) is 40.4 Å². The predicted octanol–water partition coefficient (Wildman–Crippen LogP) is 3.18. The molecule has 0 amide bonds. The quantitative estimate of drug-likeness (QED) is 0.760. The number of Topliss-reactive ketones (excluding diaryl/α,β-unsaturated/α-hetero) is 1. The van der Waals surface area contributed by atoms with Gasteiger partial charge in [-0.05, 0) is 68.4 Å². The summed E-state index contributed by atoms with van der Waals surface area (Å²) in [5.41, 5.74) is 0.160. The SMILES string of the molecule is O=C(CCc1nc2ccccc2c(=O)[nH]1)OCC(=O)C12CC3CC(CC(C3)C1)C2. The number of benzene rings is 1. The molecule has 0 radical (unpaired) electrons. The van der Waals surface area contributed by atoms with Crippen LogP contribution in [-0.2, 0) is 20.7 Å². The number of aromatic amines is 1. The summed E-state index contributed by atoms with van der Waals surface area (Å²) in [6.45, 7) is -0.118. The van der Waals surface area contributed by atoms with Crippen LogP contribution in [0.1, 0.15) is 50.8 Å². The molecule has 0 atom stereocenters. The second-order valence-electron chi connectivity index (χ2n) is 9.31. The fourth-order valence-corrected chi connectivity index (χ4v) is 6.30. The number of hydrogen-bond acceptors (Lipinski definition) is 5. The first kappa shape index (κ1) is 18.5. The molecule has 1 heterocycles. The highest BCUT2D eigenvalue weighted by Crippen LogP contribution is 2.60. The monoisotopic (exact) mass is 394 g/mol. The van der Waals surface area contributed by atoms with E-state index in [9.17, 15) is 14.4 Å². The van der Waals surface area contributed by atoms with Crippen molar-refractivity contribution in [2.75, 3.05) is 6.61 Å². The number of hydrogen-bond donors (Lipinski definition) is 1. The van der Waals surface area contributed by atoms with E-state index in [1.165, 1.54) is 19.3 Å². The summed E-state index contributed by atoms with van der Waals surface area (Å²) in [5.74, 6) is 2.23. The number of ether oxygens (including phenoxy) is 1. The van der Waals surface area contributed by atoms with Crippen LogP contribution in [-0.4, -0.2) is 28.3 Å². The first-order chi connectivity index (χ1) is 14.0. The number of rotatable bonds is 6. The zero-order valence-electron chi connectivity index (χ0n) is 16.5. The third-order valence-electron chi connectivity index (χ3n) is 7.22. The van der Waals surface area contributed by atoms with Gasteiger partial charge in [0.25, 0.3) is 5.56 Å². The maximum atomic E-state index is 12.9. The molecule has 4 aliphatic carbocycles. The Morgan fingerprint density at radius 2 is 1.72 bits per heavy atom. The summed E-state index contributed by atoms with van der Waals surface area (Å²) in [6.07, 6.45) is 7.17. The van der Waals surface area contributed by atoms with Gasteiger partial charge in [-0.2, -0.15) is 0 Å². The lowest BCUT2D eigenvalue weighted by Crippen LogP contribution is -2.51. The van der Waals surface area contributed by atoms with Crippen molar-refractivity contribution in [3.63, 3.8) is 0 Å². The molecular formula is C23H26N2O4. The minimum absolute atomic E-state index is 0.0927. The Hall–Kier alpha value is -2.50. The van der Waals surface area contributed by atoms with Gasteiger partial charge in [-0.25, -0.2) is 4.98 Å². The summed E-state index contributed by atoms with van der Waals surface area (Å²) < 4.78 is 5.32. The lowest BCUT2D eigenvalue weighted by molar-refractivity contribution is -0.157. The fraction of sp³-hybridized carbons (Fsp3) is 0.565. The van der Waals surface area contributed by atoms with E-state index in [1.54, 1.807) is 18.2 Å². The lowest BCUT2D eigenvalue weighted by Gasteiger charge is -2.55. The number of H-pyrrole nitrogens is 1. The fourth-order valence-electron chi connectivity index (χ4n) is 6.30. The molecular weight excluding hydrogens is 368 g/mol. The molecule has 1 aromatic carbocycles. The van der Waals surface area contributed by atoms with Crippen molar-refractivity contribution in [1.29, 1.82) is 0 Å². The molecule has 6 nitrogen and oxygen atoms in total. The van der Waals surface area contributed by atoms with Crippen LogP contribution in [0.25, 0.3) is 10.9 Å².